The Bertz CT molecular complexity index is 1030. The monoisotopic (exact) mass is 387 g/mol. The SMILES string of the molecule is O=C(CSc1nc2cc([N+](=O)[O-])ccc2o1)Nc1ccc2c(c1)OCCO2. The molecule has 1 aromatic heterocycles. The lowest BCUT2D eigenvalue weighted by Gasteiger charge is -2.18. The average molecular weight is 387 g/mol. The number of aromatic nitrogens is 1. The summed E-state index contributed by atoms with van der Waals surface area (Å²) in [7, 11) is 0. The summed E-state index contributed by atoms with van der Waals surface area (Å²) >= 11 is 1.10. The van der Waals surface area contributed by atoms with E-state index in [1.165, 1.54) is 18.2 Å². The van der Waals surface area contributed by atoms with Crippen molar-refractivity contribution in [3.8, 4) is 11.5 Å². The van der Waals surface area contributed by atoms with E-state index < -0.39 is 4.92 Å². The molecule has 1 aliphatic rings. The first-order chi connectivity index (χ1) is 13.1. The highest BCUT2D eigenvalue weighted by Gasteiger charge is 2.15. The molecule has 1 N–H and O–H groups in total. The number of amides is 1. The molecule has 1 aliphatic heterocycles. The largest absolute Gasteiger partial charge is 0.486 e. The van der Waals surface area contributed by atoms with Crippen molar-refractivity contribution in [3.63, 3.8) is 0 Å². The number of hydrogen-bond donors (Lipinski definition) is 1. The number of ether oxygens (including phenoxy) is 2. The molecule has 0 unspecified atom stereocenters. The summed E-state index contributed by atoms with van der Waals surface area (Å²) in [5.41, 5.74) is 1.33. The van der Waals surface area contributed by atoms with E-state index in [2.05, 4.69) is 10.3 Å². The van der Waals surface area contributed by atoms with Gasteiger partial charge in [0.15, 0.2) is 17.1 Å². The predicted octanol–water partition coefficient (Wildman–Crippen LogP) is 3.24. The Labute approximate surface area is 156 Å². The van der Waals surface area contributed by atoms with Gasteiger partial charge in [-0.2, -0.15) is 0 Å². The first-order valence-corrected chi connectivity index (χ1v) is 8.94. The summed E-state index contributed by atoms with van der Waals surface area (Å²) < 4.78 is 16.4. The Morgan fingerprint density at radius 2 is 2.00 bits per heavy atom. The Balaban J connectivity index is 1.39. The minimum atomic E-state index is -0.498. The third-order valence-corrected chi connectivity index (χ3v) is 4.54. The summed E-state index contributed by atoms with van der Waals surface area (Å²) in [4.78, 5) is 26.6. The highest BCUT2D eigenvalue weighted by molar-refractivity contribution is 7.99. The summed E-state index contributed by atoms with van der Waals surface area (Å²) in [6.45, 7) is 0.971. The van der Waals surface area contributed by atoms with Crippen molar-refractivity contribution in [1.82, 2.24) is 4.98 Å². The number of anilines is 1. The average Bonchev–Trinajstić information content (AvgIpc) is 3.08. The fourth-order valence-corrected chi connectivity index (χ4v) is 3.15. The van der Waals surface area contributed by atoms with Gasteiger partial charge in [0.2, 0.25) is 5.91 Å². The Hall–Kier alpha value is -3.27. The van der Waals surface area contributed by atoms with E-state index in [-0.39, 0.29) is 22.6 Å². The van der Waals surface area contributed by atoms with Crippen molar-refractivity contribution < 1.29 is 23.6 Å². The standard InChI is InChI=1S/C17H13N3O6S/c21-16(18-10-1-3-14-15(7-10)25-6-5-24-14)9-27-17-19-12-8-11(20(22)23)2-4-13(12)26-17/h1-4,7-8H,5-6,9H2,(H,18,21). The Morgan fingerprint density at radius 1 is 1.19 bits per heavy atom. The van der Waals surface area contributed by atoms with E-state index in [1.807, 2.05) is 0 Å². The van der Waals surface area contributed by atoms with Crippen molar-refractivity contribution in [2.75, 3.05) is 24.3 Å². The lowest BCUT2D eigenvalue weighted by molar-refractivity contribution is -0.384. The molecular formula is C17H13N3O6S. The maximum atomic E-state index is 12.1. The van der Waals surface area contributed by atoms with Crippen molar-refractivity contribution in [2.45, 2.75) is 5.22 Å². The first-order valence-electron chi connectivity index (χ1n) is 7.96. The van der Waals surface area contributed by atoms with Crippen LogP contribution < -0.4 is 14.8 Å². The van der Waals surface area contributed by atoms with E-state index in [1.54, 1.807) is 18.2 Å². The molecule has 0 spiro atoms. The highest BCUT2D eigenvalue weighted by Crippen LogP contribution is 2.33. The summed E-state index contributed by atoms with van der Waals surface area (Å²) in [5.74, 6) is 1.06. The highest BCUT2D eigenvalue weighted by atomic mass is 32.2. The summed E-state index contributed by atoms with van der Waals surface area (Å²) in [5, 5.41) is 13.8. The number of oxazole rings is 1. The van der Waals surface area contributed by atoms with Gasteiger partial charge >= 0.3 is 0 Å². The van der Waals surface area contributed by atoms with Crippen molar-refractivity contribution in [1.29, 1.82) is 0 Å². The number of nitrogens with one attached hydrogen (secondary N) is 1. The van der Waals surface area contributed by atoms with Crippen LogP contribution in [0.15, 0.2) is 46.0 Å². The molecule has 0 aliphatic carbocycles. The number of rotatable bonds is 5. The maximum absolute atomic E-state index is 12.1. The van der Waals surface area contributed by atoms with E-state index >= 15 is 0 Å². The number of carbonyl (C=O) groups excluding carboxylic acids is 1. The zero-order valence-electron chi connectivity index (χ0n) is 13.8. The normalized spacial score (nSPS) is 12.7. The van der Waals surface area contributed by atoms with Crippen LogP contribution >= 0.6 is 11.8 Å². The molecule has 0 atom stereocenters. The van der Waals surface area contributed by atoms with Gasteiger partial charge in [-0.05, 0) is 18.2 Å². The number of non-ortho nitro benzene ring substituents is 1. The van der Waals surface area contributed by atoms with E-state index in [0.717, 1.165) is 11.8 Å². The molecule has 2 heterocycles. The van der Waals surface area contributed by atoms with E-state index in [0.29, 0.717) is 41.5 Å². The van der Waals surface area contributed by atoms with Gasteiger partial charge in [0.05, 0.1) is 10.7 Å². The minimum Gasteiger partial charge on any atom is -0.486 e. The molecule has 0 saturated carbocycles. The number of hydrogen-bond acceptors (Lipinski definition) is 8. The molecule has 1 amide bonds. The van der Waals surface area contributed by atoms with Gasteiger partial charge in [-0.1, -0.05) is 11.8 Å². The smallest absolute Gasteiger partial charge is 0.271 e. The number of nitro benzene ring substituents is 1. The second-order valence-corrected chi connectivity index (χ2v) is 6.51. The van der Waals surface area contributed by atoms with Gasteiger partial charge in [-0.3, -0.25) is 14.9 Å². The Kier molecular flexibility index (Phi) is 4.55. The van der Waals surface area contributed by atoms with Crippen LogP contribution in [0.3, 0.4) is 0 Å². The molecule has 0 saturated heterocycles. The van der Waals surface area contributed by atoms with Crippen LogP contribution in [0.1, 0.15) is 0 Å². The molecular weight excluding hydrogens is 374 g/mol. The lowest BCUT2D eigenvalue weighted by atomic mass is 10.2. The molecule has 0 radical (unpaired) electrons. The number of carbonyl (C=O) groups is 1. The second-order valence-electron chi connectivity index (χ2n) is 5.58. The van der Waals surface area contributed by atoms with Crippen LogP contribution in [-0.2, 0) is 4.79 Å². The molecule has 3 aromatic rings. The number of benzene rings is 2. The van der Waals surface area contributed by atoms with Crippen LogP contribution in [0, 0.1) is 10.1 Å². The van der Waals surface area contributed by atoms with Crippen LogP contribution in [0.2, 0.25) is 0 Å². The molecule has 9 nitrogen and oxygen atoms in total. The zero-order valence-corrected chi connectivity index (χ0v) is 14.7. The predicted molar refractivity (Wildman–Crippen MR) is 97.4 cm³/mol. The van der Waals surface area contributed by atoms with E-state index in [4.69, 9.17) is 13.9 Å². The number of thioether (sulfide) groups is 1. The van der Waals surface area contributed by atoms with Crippen LogP contribution in [0.5, 0.6) is 11.5 Å². The fourth-order valence-electron chi connectivity index (χ4n) is 2.52. The number of nitrogens with zero attached hydrogens (tertiary/aromatic N) is 2. The molecule has 10 heteroatoms. The second kappa shape index (κ2) is 7.16. The van der Waals surface area contributed by atoms with Gasteiger partial charge in [0, 0.05) is 23.9 Å². The first kappa shape index (κ1) is 17.2. The number of fused-ring (bicyclic) bond motifs is 2. The topological polar surface area (TPSA) is 117 Å². The Morgan fingerprint density at radius 3 is 2.81 bits per heavy atom. The maximum Gasteiger partial charge on any atom is 0.271 e. The molecule has 4 rings (SSSR count). The third-order valence-electron chi connectivity index (χ3n) is 3.72. The summed E-state index contributed by atoms with van der Waals surface area (Å²) in [6.07, 6.45) is 0. The van der Waals surface area contributed by atoms with Crippen LogP contribution in [-0.4, -0.2) is 34.8 Å². The molecule has 2 aromatic carbocycles. The van der Waals surface area contributed by atoms with Gasteiger partial charge in [0.1, 0.15) is 18.7 Å². The van der Waals surface area contributed by atoms with Crippen molar-refractivity contribution in [3.05, 3.63) is 46.5 Å². The molecule has 0 bridgehead atoms. The van der Waals surface area contributed by atoms with E-state index in [9.17, 15) is 14.9 Å². The van der Waals surface area contributed by atoms with Gasteiger partial charge in [-0.15, -0.1) is 0 Å². The van der Waals surface area contributed by atoms with Gasteiger partial charge < -0.3 is 19.2 Å². The number of nitro groups is 1. The lowest BCUT2D eigenvalue weighted by Crippen LogP contribution is -2.17. The van der Waals surface area contributed by atoms with Crippen LogP contribution in [0.25, 0.3) is 11.1 Å². The molecule has 0 fully saturated rings. The summed E-state index contributed by atoms with van der Waals surface area (Å²) in [6, 6.07) is 9.34. The van der Waals surface area contributed by atoms with Gasteiger partial charge in [-0.25, -0.2) is 4.98 Å². The fraction of sp³-hybridized carbons (Fsp3) is 0.176. The third kappa shape index (κ3) is 3.80. The van der Waals surface area contributed by atoms with Crippen molar-refractivity contribution >= 4 is 40.1 Å². The minimum absolute atomic E-state index is 0.0660. The quantitative estimate of drug-likeness (QED) is 0.403. The van der Waals surface area contributed by atoms with Crippen molar-refractivity contribution in [2.24, 2.45) is 0 Å². The van der Waals surface area contributed by atoms with Gasteiger partial charge in [0.25, 0.3) is 10.9 Å². The zero-order chi connectivity index (χ0) is 18.8. The molecule has 138 valence electrons. The molecule has 27 heavy (non-hydrogen) atoms. The van der Waals surface area contributed by atoms with Crippen LogP contribution in [0.4, 0.5) is 11.4 Å².